The number of hydrogen-bond donors (Lipinski definition) is 1. The fourth-order valence-electron chi connectivity index (χ4n) is 2.12. The smallest absolute Gasteiger partial charge is 0.182 e. The van der Waals surface area contributed by atoms with E-state index in [4.69, 9.17) is 12.2 Å². The molecule has 1 aromatic heterocycles. The molecule has 0 aliphatic carbocycles. The largest absolute Gasteiger partial charge is 0.328 e. The highest BCUT2D eigenvalue weighted by molar-refractivity contribution is 7.71. The average molecular weight is 276 g/mol. The molecule has 5 heteroatoms. The van der Waals surface area contributed by atoms with E-state index in [0.29, 0.717) is 27.1 Å². The fourth-order valence-corrected chi connectivity index (χ4v) is 2.43. The molecule has 0 amide bonds. The molecule has 0 aliphatic heterocycles. The summed E-state index contributed by atoms with van der Waals surface area (Å²) >= 11 is 5.22. The third-order valence-corrected chi connectivity index (χ3v) is 3.35. The monoisotopic (exact) mass is 276 g/mol. The summed E-state index contributed by atoms with van der Waals surface area (Å²) in [5, 5.41) is 0. The molecule has 0 saturated carbocycles. The van der Waals surface area contributed by atoms with E-state index in [2.05, 4.69) is 4.98 Å². The number of nitrogens with zero attached hydrogens (tertiary/aromatic N) is 1. The molecule has 19 heavy (non-hydrogen) atoms. The molecular weight excluding hydrogens is 266 g/mol. The SMILES string of the molecule is Cc1cc(-n2c(=S)[nH]c3c(F)cccc32)ccc1F. The van der Waals surface area contributed by atoms with Crippen LogP contribution >= 0.6 is 12.2 Å². The molecule has 3 rings (SSSR count). The van der Waals surface area contributed by atoms with Crippen molar-refractivity contribution in [3.63, 3.8) is 0 Å². The zero-order valence-corrected chi connectivity index (χ0v) is 10.9. The van der Waals surface area contributed by atoms with Crippen LogP contribution in [0.5, 0.6) is 0 Å². The Morgan fingerprint density at radius 2 is 1.89 bits per heavy atom. The molecular formula is C14H10F2N2S. The summed E-state index contributed by atoms with van der Waals surface area (Å²) in [6.07, 6.45) is 0. The number of aryl methyl sites for hydroxylation is 1. The predicted molar refractivity (Wildman–Crippen MR) is 73.1 cm³/mol. The van der Waals surface area contributed by atoms with Crippen molar-refractivity contribution in [1.29, 1.82) is 0 Å². The second kappa shape index (κ2) is 4.28. The minimum Gasteiger partial charge on any atom is -0.328 e. The van der Waals surface area contributed by atoms with Gasteiger partial charge in [-0.3, -0.25) is 4.57 Å². The standard InChI is InChI=1S/C14H10F2N2S/c1-8-7-9(5-6-10(8)15)18-12-4-2-3-11(16)13(12)17-14(18)19/h2-7H,1H3,(H,17,19). The van der Waals surface area contributed by atoms with E-state index in [1.54, 1.807) is 35.8 Å². The van der Waals surface area contributed by atoms with E-state index in [0.717, 1.165) is 0 Å². The Hall–Kier alpha value is -2.01. The topological polar surface area (TPSA) is 20.7 Å². The Balaban J connectivity index is 2.36. The Morgan fingerprint density at radius 3 is 2.63 bits per heavy atom. The van der Waals surface area contributed by atoms with Gasteiger partial charge in [-0.1, -0.05) is 6.07 Å². The maximum Gasteiger partial charge on any atom is 0.182 e. The van der Waals surface area contributed by atoms with Crippen LogP contribution in [0.1, 0.15) is 5.56 Å². The zero-order valence-electron chi connectivity index (χ0n) is 10.1. The van der Waals surface area contributed by atoms with Crippen LogP contribution < -0.4 is 0 Å². The first-order valence-corrected chi connectivity index (χ1v) is 6.14. The minimum atomic E-state index is -0.360. The summed E-state index contributed by atoms with van der Waals surface area (Å²) in [5.74, 6) is -0.637. The molecule has 0 spiro atoms. The normalized spacial score (nSPS) is 11.1. The van der Waals surface area contributed by atoms with Crippen molar-refractivity contribution in [3.05, 3.63) is 58.4 Å². The van der Waals surface area contributed by atoms with Crippen molar-refractivity contribution >= 4 is 23.3 Å². The van der Waals surface area contributed by atoms with E-state index in [9.17, 15) is 8.78 Å². The molecule has 1 heterocycles. The molecule has 0 radical (unpaired) electrons. The summed E-state index contributed by atoms with van der Waals surface area (Å²) in [6, 6.07) is 9.44. The summed E-state index contributed by atoms with van der Waals surface area (Å²) < 4.78 is 29.1. The van der Waals surface area contributed by atoms with E-state index in [1.165, 1.54) is 12.1 Å². The number of aromatic amines is 1. The molecule has 0 aliphatic rings. The molecule has 3 aromatic rings. The third kappa shape index (κ3) is 1.86. The van der Waals surface area contributed by atoms with Gasteiger partial charge in [0.2, 0.25) is 0 Å². The van der Waals surface area contributed by atoms with E-state index in [-0.39, 0.29) is 11.6 Å². The third-order valence-electron chi connectivity index (χ3n) is 3.07. The summed E-state index contributed by atoms with van der Waals surface area (Å²) in [4.78, 5) is 2.84. The van der Waals surface area contributed by atoms with Crippen LogP contribution in [0.25, 0.3) is 16.7 Å². The van der Waals surface area contributed by atoms with Crippen molar-refractivity contribution in [3.8, 4) is 5.69 Å². The Morgan fingerprint density at radius 1 is 1.11 bits per heavy atom. The minimum absolute atomic E-state index is 0.277. The molecule has 2 nitrogen and oxygen atoms in total. The highest BCUT2D eigenvalue weighted by Gasteiger charge is 2.10. The lowest BCUT2D eigenvalue weighted by Crippen LogP contribution is -1.95. The number of fused-ring (bicyclic) bond motifs is 1. The Labute approximate surface area is 113 Å². The number of halogens is 2. The molecule has 2 aromatic carbocycles. The number of rotatable bonds is 1. The van der Waals surface area contributed by atoms with Gasteiger partial charge in [0.1, 0.15) is 17.2 Å². The van der Waals surface area contributed by atoms with Crippen molar-refractivity contribution < 1.29 is 8.78 Å². The quantitative estimate of drug-likeness (QED) is 0.658. The lowest BCUT2D eigenvalue weighted by molar-refractivity contribution is 0.618. The molecule has 96 valence electrons. The number of aromatic nitrogens is 2. The van der Waals surface area contributed by atoms with Gasteiger partial charge in [-0.05, 0) is 55.0 Å². The molecule has 0 bridgehead atoms. The van der Waals surface area contributed by atoms with E-state index < -0.39 is 0 Å². The first kappa shape index (κ1) is 12.0. The number of nitrogens with one attached hydrogen (secondary N) is 1. The Bertz CT molecular complexity index is 833. The second-order valence-corrected chi connectivity index (χ2v) is 4.72. The van der Waals surface area contributed by atoms with Gasteiger partial charge in [0.05, 0.1) is 5.52 Å². The molecule has 0 atom stereocenters. The highest BCUT2D eigenvalue weighted by atomic mass is 32.1. The van der Waals surface area contributed by atoms with Crippen molar-refractivity contribution in [2.24, 2.45) is 0 Å². The maximum atomic E-state index is 13.7. The van der Waals surface area contributed by atoms with Crippen molar-refractivity contribution in [2.45, 2.75) is 6.92 Å². The van der Waals surface area contributed by atoms with Gasteiger partial charge in [-0.2, -0.15) is 0 Å². The first-order valence-electron chi connectivity index (χ1n) is 5.73. The maximum absolute atomic E-state index is 13.7. The van der Waals surface area contributed by atoms with E-state index >= 15 is 0 Å². The summed E-state index contributed by atoms with van der Waals surface area (Å²) in [5.41, 5.74) is 2.22. The van der Waals surface area contributed by atoms with Gasteiger partial charge in [0.25, 0.3) is 0 Å². The van der Waals surface area contributed by atoms with Gasteiger partial charge < -0.3 is 4.98 Å². The van der Waals surface area contributed by atoms with Gasteiger partial charge >= 0.3 is 0 Å². The van der Waals surface area contributed by atoms with E-state index in [1.807, 2.05) is 0 Å². The van der Waals surface area contributed by atoms with Crippen LogP contribution in [0.15, 0.2) is 36.4 Å². The summed E-state index contributed by atoms with van der Waals surface area (Å²) in [7, 11) is 0. The second-order valence-electron chi connectivity index (χ2n) is 4.33. The van der Waals surface area contributed by atoms with Crippen LogP contribution in [-0.2, 0) is 0 Å². The van der Waals surface area contributed by atoms with Crippen LogP contribution in [0.3, 0.4) is 0 Å². The van der Waals surface area contributed by atoms with Crippen LogP contribution in [0.2, 0.25) is 0 Å². The number of para-hydroxylation sites is 1. The van der Waals surface area contributed by atoms with Crippen molar-refractivity contribution in [1.82, 2.24) is 9.55 Å². The number of hydrogen-bond acceptors (Lipinski definition) is 1. The Kier molecular flexibility index (Phi) is 2.71. The van der Waals surface area contributed by atoms with Gasteiger partial charge in [0, 0.05) is 5.69 Å². The molecule has 0 unspecified atom stereocenters. The zero-order chi connectivity index (χ0) is 13.6. The van der Waals surface area contributed by atoms with Gasteiger partial charge in [-0.15, -0.1) is 0 Å². The number of imidazole rings is 1. The van der Waals surface area contributed by atoms with Crippen LogP contribution in [0.4, 0.5) is 8.78 Å². The molecule has 0 fully saturated rings. The van der Waals surface area contributed by atoms with Crippen LogP contribution in [0, 0.1) is 23.3 Å². The van der Waals surface area contributed by atoms with Gasteiger partial charge in [-0.25, -0.2) is 8.78 Å². The lowest BCUT2D eigenvalue weighted by atomic mass is 10.2. The number of H-pyrrole nitrogens is 1. The molecule has 0 saturated heterocycles. The first-order chi connectivity index (χ1) is 9.08. The lowest BCUT2D eigenvalue weighted by Gasteiger charge is -2.06. The van der Waals surface area contributed by atoms with Crippen LogP contribution in [-0.4, -0.2) is 9.55 Å². The highest BCUT2D eigenvalue weighted by Crippen LogP contribution is 2.22. The summed E-state index contributed by atoms with van der Waals surface area (Å²) in [6.45, 7) is 1.68. The average Bonchev–Trinajstić information content (AvgIpc) is 2.71. The predicted octanol–water partition coefficient (Wildman–Crippen LogP) is 4.27. The van der Waals surface area contributed by atoms with Gasteiger partial charge in [0.15, 0.2) is 4.77 Å². The number of benzene rings is 2. The molecule has 1 N–H and O–H groups in total. The van der Waals surface area contributed by atoms with Crippen molar-refractivity contribution in [2.75, 3.05) is 0 Å². The fraction of sp³-hybridized carbons (Fsp3) is 0.0714.